The Morgan fingerprint density at radius 3 is 2.52 bits per heavy atom. The minimum Gasteiger partial charge on any atom is -0.486 e. The van der Waals surface area contributed by atoms with Crippen LogP contribution in [0.25, 0.3) is 0 Å². The van der Waals surface area contributed by atoms with E-state index >= 15 is 0 Å². The molecule has 1 aromatic heterocycles. The number of fused-ring (bicyclic) bond motifs is 1. The fourth-order valence-electron chi connectivity index (χ4n) is 1.86. The van der Waals surface area contributed by atoms with Crippen LogP contribution in [-0.4, -0.2) is 24.1 Å². The number of carbonyl (C=O) groups is 1. The van der Waals surface area contributed by atoms with E-state index in [0.29, 0.717) is 36.1 Å². The van der Waals surface area contributed by atoms with Crippen molar-refractivity contribution < 1.29 is 14.3 Å². The van der Waals surface area contributed by atoms with E-state index in [4.69, 9.17) is 9.47 Å². The lowest BCUT2D eigenvalue weighted by molar-refractivity contribution is 0.102. The number of carbonyl (C=O) groups excluding carboxylic acids is 1. The molecule has 0 unspecified atom stereocenters. The molecular formula is C14H10Br2N2O3. The highest BCUT2D eigenvalue weighted by molar-refractivity contribution is 9.10. The highest BCUT2D eigenvalue weighted by Crippen LogP contribution is 2.38. The lowest BCUT2D eigenvalue weighted by Crippen LogP contribution is -2.17. The van der Waals surface area contributed by atoms with Gasteiger partial charge < -0.3 is 14.8 Å². The van der Waals surface area contributed by atoms with Crippen LogP contribution >= 0.6 is 31.9 Å². The first kappa shape index (κ1) is 14.3. The average Bonchev–Trinajstić information content (AvgIpc) is 2.48. The molecule has 1 amide bonds. The molecule has 108 valence electrons. The smallest absolute Gasteiger partial charge is 0.274 e. The number of aromatic nitrogens is 1. The molecule has 7 heteroatoms. The van der Waals surface area contributed by atoms with Crippen molar-refractivity contribution in [2.75, 3.05) is 18.5 Å². The van der Waals surface area contributed by atoms with Crippen molar-refractivity contribution in [1.29, 1.82) is 0 Å². The van der Waals surface area contributed by atoms with Gasteiger partial charge in [-0.3, -0.25) is 4.79 Å². The SMILES string of the molecule is O=C(Nc1cc2c(cc1Br)OCCO2)c1ccc(Br)cn1. The Balaban J connectivity index is 1.84. The largest absolute Gasteiger partial charge is 0.486 e. The topological polar surface area (TPSA) is 60.5 Å². The molecule has 0 bridgehead atoms. The second-order valence-electron chi connectivity index (χ2n) is 4.29. The van der Waals surface area contributed by atoms with Crippen molar-refractivity contribution in [1.82, 2.24) is 4.98 Å². The van der Waals surface area contributed by atoms with Gasteiger partial charge >= 0.3 is 0 Å². The zero-order chi connectivity index (χ0) is 14.8. The fraction of sp³-hybridized carbons (Fsp3) is 0.143. The van der Waals surface area contributed by atoms with Gasteiger partial charge in [-0.25, -0.2) is 4.98 Å². The predicted molar refractivity (Wildman–Crippen MR) is 85.0 cm³/mol. The Kier molecular flexibility index (Phi) is 4.12. The van der Waals surface area contributed by atoms with Crippen LogP contribution in [0.4, 0.5) is 5.69 Å². The number of amides is 1. The van der Waals surface area contributed by atoms with Crippen molar-refractivity contribution in [3.8, 4) is 11.5 Å². The molecule has 0 spiro atoms. The number of ether oxygens (including phenoxy) is 2. The number of pyridine rings is 1. The average molecular weight is 414 g/mol. The van der Waals surface area contributed by atoms with Gasteiger partial charge in [0.15, 0.2) is 11.5 Å². The molecule has 0 saturated heterocycles. The van der Waals surface area contributed by atoms with Crippen LogP contribution in [-0.2, 0) is 0 Å². The molecule has 0 aliphatic carbocycles. The number of anilines is 1. The van der Waals surface area contributed by atoms with Crippen LogP contribution in [0.3, 0.4) is 0 Å². The summed E-state index contributed by atoms with van der Waals surface area (Å²) < 4.78 is 12.5. The molecular weight excluding hydrogens is 404 g/mol. The zero-order valence-corrected chi connectivity index (χ0v) is 13.9. The molecule has 0 radical (unpaired) electrons. The van der Waals surface area contributed by atoms with Crippen molar-refractivity contribution in [2.45, 2.75) is 0 Å². The van der Waals surface area contributed by atoms with Gasteiger partial charge in [0, 0.05) is 27.3 Å². The third-order valence-corrected chi connectivity index (χ3v) is 3.97. The zero-order valence-electron chi connectivity index (χ0n) is 10.7. The van der Waals surface area contributed by atoms with Crippen LogP contribution in [0.2, 0.25) is 0 Å². The van der Waals surface area contributed by atoms with Crippen molar-refractivity contribution >= 4 is 43.5 Å². The number of halogens is 2. The van der Waals surface area contributed by atoms with Gasteiger partial charge in [0.1, 0.15) is 18.9 Å². The molecule has 2 heterocycles. The number of hydrogen-bond donors (Lipinski definition) is 1. The number of benzene rings is 1. The Labute approximate surface area is 137 Å². The Bertz CT molecular complexity index is 689. The van der Waals surface area contributed by atoms with Gasteiger partial charge in [0.2, 0.25) is 0 Å². The first-order chi connectivity index (χ1) is 10.1. The number of rotatable bonds is 2. The summed E-state index contributed by atoms with van der Waals surface area (Å²) in [6.07, 6.45) is 1.58. The predicted octanol–water partition coefficient (Wildman–Crippen LogP) is 3.63. The highest BCUT2D eigenvalue weighted by atomic mass is 79.9. The van der Waals surface area contributed by atoms with E-state index in [1.807, 2.05) is 0 Å². The number of hydrogen-bond acceptors (Lipinski definition) is 4. The van der Waals surface area contributed by atoms with E-state index in [0.717, 1.165) is 8.95 Å². The maximum Gasteiger partial charge on any atom is 0.274 e. The van der Waals surface area contributed by atoms with E-state index in [1.54, 1.807) is 30.5 Å². The van der Waals surface area contributed by atoms with E-state index in [-0.39, 0.29) is 5.91 Å². The Hall–Kier alpha value is -1.60. The summed E-state index contributed by atoms with van der Waals surface area (Å²) >= 11 is 6.69. The van der Waals surface area contributed by atoms with Gasteiger partial charge in [-0.1, -0.05) is 0 Å². The molecule has 1 N–H and O–H groups in total. The van der Waals surface area contributed by atoms with E-state index in [1.165, 1.54) is 0 Å². The molecule has 21 heavy (non-hydrogen) atoms. The van der Waals surface area contributed by atoms with E-state index in [9.17, 15) is 4.79 Å². The molecule has 5 nitrogen and oxygen atoms in total. The summed E-state index contributed by atoms with van der Waals surface area (Å²) in [6.45, 7) is 1.02. The van der Waals surface area contributed by atoms with Gasteiger partial charge in [0.25, 0.3) is 5.91 Å². The van der Waals surface area contributed by atoms with Crippen molar-refractivity contribution in [2.24, 2.45) is 0 Å². The normalized spacial score (nSPS) is 12.9. The van der Waals surface area contributed by atoms with Crippen molar-refractivity contribution in [3.05, 3.63) is 45.1 Å². The highest BCUT2D eigenvalue weighted by Gasteiger charge is 2.17. The number of nitrogens with zero attached hydrogens (tertiary/aromatic N) is 1. The second-order valence-corrected chi connectivity index (χ2v) is 6.06. The molecule has 0 atom stereocenters. The Morgan fingerprint density at radius 1 is 1.14 bits per heavy atom. The molecule has 0 saturated carbocycles. The van der Waals surface area contributed by atoms with Crippen LogP contribution < -0.4 is 14.8 Å². The molecule has 1 aromatic carbocycles. The van der Waals surface area contributed by atoms with E-state index < -0.39 is 0 Å². The van der Waals surface area contributed by atoms with Gasteiger partial charge in [-0.05, 0) is 44.0 Å². The van der Waals surface area contributed by atoms with Crippen LogP contribution in [0, 0.1) is 0 Å². The number of nitrogens with one attached hydrogen (secondary N) is 1. The van der Waals surface area contributed by atoms with Crippen LogP contribution in [0.5, 0.6) is 11.5 Å². The maximum atomic E-state index is 12.2. The summed E-state index contributed by atoms with van der Waals surface area (Å²) in [5.74, 6) is 0.983. The minimum absolute atomic E-state index is 0.292. The lowest BCUT2D eigenvalue weighted by Gasteiger charge is -2.20. The third-order valence-electron chi connectivity index (χ3n) is 2.84. The minimum atomic E-state index is -0.292. The maximum absolute atomic E-state index is 12.2. The summed E-state index contributed by atoms with van der Waals surface area (Å²) in [7, 11) is 0. The summed E-state index contributed by atoms with van der Waals surface area (Å²) in [5, 5.41) is 2.80. The molecule has 1 aliphatic heterocycles. The lowest BCUT2D eigenvalue weighted by atomic mass is 10.2. The van der Waals surface area contributed by atoms with Crippen molar-refractivity contribution in [3.63, 3.8) is 0 Å². The summed E-state index contributed by atoms with van der Waals surface area (Å²) in [6, 6.07) is 6.92. The standard InChI is InChI=1S/C14H10Br2N2O3/c15-8-1-2-10(17-7-8)14(19)18-11-6-13-12(5-9(11)16)20-3-4-21-13/h1-2,5-7H,3-4H2,(H,18,19). The summed E-state index contributed by atoms with van der Waals surface area (Å²) in [5.41, 5.74) is 0.939. The fourth-order valence-corrected chi connectivity index (χ4v) is 2.51. The van der Waals surface area contributed by atoms with E-state index in [2.05, 4.69) is 42.2 Å². The monoisotopic (exact) mass is 412 g/mol. The molecule has 3 rings (SSSR count). The van der Waals surface area contributed by atoms with Gasteiger partial charge in [-0.2, -0.15) is 0 Å². The first-order valence-corrected chi connectivity index (χ1v) is 7.74. The van der Waals surface area contributed by atoms with Crippen LogP contribution in [0.1, 0.15) is 10.5 Å². The quantitative estimate of drug-likeness (QED) is 0.816. The molecule has 0 fully saturated rings. The molecule has 2 aromatic rings. The first-order valence-electron chi connectivity index (χ1n) is 6.15. The van der Waals surface area contributed by atoms with Gasteiger partial charge in [-0.15, -0.1) is 0 Å². The third kappa shape index (κ3) is 3.19. The van der Waals surface area contributed by atoms with Gasteiger partial charge in [0.05, 0.1) is 5.69 Å². The Morgan fingerprint density at radius 2 is 1.86 bits per heavy atom. The molecule has 1 aliphatic rings. The van der Waals surface area contributed by atoms with Crippen LogP contribution in [0.15, 0.2) is 39.4 Å². The second kappa shape index (κ2) is 6.03. The summed E-state index contributed by atoms with van der Waals surface area (Å²) in [4.78, 5) is 16.2.